The summed E-state index contributed by atoms with van der Waals surface area (Å²) in [6, 6.07) is 15.3. The van der Waals surface area contributed by atoms with Gasteiger partial charge in [-0.15, -0.1) is 0 Å². The number of pyridine rings is 2. The first-order chi connectivity index (χ1) is 13.8. The molecule has 2 aliphatic heterocycles. The van der Waals surface area contributed by atoms with E-state index >= 15 is 0 Å². The smallest absolute Gasteiger partial charge is 0.160 e. The molecule has 3 aromatic heterocycles. The minimum Gasteiger partial charge on any atom is -0.337 e. The molecule has 0 N–H and O–H groups in total. The highest BCUT2D eigenvalue weighted by Gasteiger charge is 2.46. The highest BCUT2D eigenvalue weighted by molar-refractivity contribution is 8.14. The molecule has 0 saturated carbocycles. The summed E-state index contributed by atoms with van der Waals surface area (Å²) in [5, 5.41) is 1.16. The summed E-state index contributed by atoms with van der Waals surface area (Å²) in [7, 11) is 0. The third-order valence-electron chi connectivity index (χ3n) is 5.64. The maximum Gasteiger partial charge on any atom is 0.160 e. The second kappa shape index (κ2) is 7.09. The van der Waals surface area contributed by atoms with Crippen molar-refractivity contribution in [2.24, 2.45) is 4.99 Å². The molecule has 0 radical (unpaired) electrons. The molecule has 5 nitrogen and oxygen atoms in total. The fourth-order valence-electron chi connectivity index (χ4n) is 4.30. The fourth-order valence-corrected chi connectivity index (χ4v) is 5.64. The number of aliphatic imine (C=N–C) groups is 1. The van der Waals surface area contributed by atoms with Crippen LogP contribution in [0.2, 0.25) is 0 Å². The van der Waals surface area contributed by atoms with Gasteiger partial charge in [-0.25, -0.2) is 0 Å². The summed E-state index contributed by atoms with van der Waals surface area (Å²) in [5.41, 5.74) is 4.58. The predicted octanol–water partition coefficient (Wildman–Crippen LogP) is 4.56. The minimum absolute atomic E-state index is 0.00257. The lowest BCUT2D eigenvalue weighted by Gasteiger charge is -2.32. The van der Waals surface area contributed by atoms with Crippen LogP contribution in [0.15, 0.2) is 66.0 Å². The number of amidine groups is 1. The molecule has 5 heterocycles. The molecule has 1 fully saturated rings. The van der Waals surface area contributed by atoms with Crippen LogP contribution < -0.4 is 0 Å². The maximum absolute atomic E-state index is 5.13. The molecule has 0 aromatic carbocycles. The monoisotopic (exact) mass is 389 g/mol. The van der Waals surface area contributed by atoms with Crippen molar-refractivity contribution >= 4 is 16.9 Å². The number of thioether (sulfide) groups is 1. The number of nitrogens with zero attached hydrogens (tertiary/aromatic N) is 5. The van der Waals surface area contributed by atoms with Crippen LogP contribution in [0.1, 0.15) is 42.5 Å². The summed E-state index contributed by atoms with van der Waals surface area (Å²) >= 11 is 1.88. The zero-order valence-corrected chi connectivity index (χ0v) is 16.9. The summed E-state index contributed by atoms with van der Waals surface area (Å²) in [6.45, 7) is 4.42. The Morgan fingerprint density at radius 2 is 2.04 bits per heavy atom. The average molecular weight is 390 g/mol. The Hall–Kier alpha value is -2.60. The van der Waals surface area contributed by atoms with Crippen molar-refractivity contribution in [3.63, 3.8) is 0 Å². The molecule has 1 saturated heterocycles. The van der Waals surface area contributed by atoms with E-state index in [4.69, 9.17) is 4.99 Å². The Kier molecular flexibility index (Phi) is 4.43. The number of fused-ring (bicyclic) bond motifs is 1. The Balaban J connectivity index is 1.66. The van der Waals surface area contributed by atoms with E-state index in [0.29, 0.717) is 6.04 Å². The second-order valence-corrected chi connectivity index (χ2v) is 8.27. The van der Waals surface area contributed by atoms with Crippen LogP contribution in [-0.4, -0.2) is 36.4 Å². The first-order valence-electron chi connectivity index (χ1n) is 9.76. The number of aromatic nitrogens is 3. The number of hydrogen-bond acceptors (Lipinski definition) is 5. The van der Waals surface area contributed by atoms with Crippen LogP contribution in [0.5, 0.6) is 0 Å². The molecule has 2 aliphatic rings. The molecule has 0 bridgehead atoms. The highest BCUT2D eigenvalue weighted by Crippen LogP contribution is 2.49. The molecule has 0 spiro atoms. The molecule has 142 valence electrons. The van der Waals surface area contributed by atoms with Crippen molar-refractivity contribution in [1.29, 1.82) is 0 Å². The fraction of sp³-hybridized carbons (Fsp3) is 0.318. The SMILES string of the molecule is CC[C@H]1CSC2=N[C@H](c3ccccn3)[C@@H](c3ccc(C)n3-c3cccnc3)N21. The van der Waals surface area contributed by atoms with E-state index in [1.807, 2.05) is 42.5 Å². The van der Waals surface area contributed by atoms with Crippen LogP contribution in [0.25, 0.3) is 5.69 Å². The molecule has 3 aromatic rings. The van der Waals surface area contributed by atoms with Crippen LogP contribution in [0, 0.1) is 6.92 Å². The Morgan fingerprint density at radius 1 is 1.11 bits per heavy atom. The van der Waals surface area contributed by atoms with E-state index in [2.05, 4.69) is 63.6 Å². The molecule has 0 aliphatic carbocycles. The van der Waals surface area contributed by atoms with E-state index < -0.39 is 0 Å². The predicted molar refractivity (Wildman–Crippen MR) is 114 cm³/mol. The minimum atomic E-state index is 0.00257. The summed E-state index contributed by atoms with van der Waals surface area (Å²) < 4.78 is 2.32. The topological polar surface area (TPSA) is 46.3 Å². The van der Waals surface area contributed by atoms with Gasteiger partial charge < -0.3 is 9.47 Å². The van der Waals surface area contributed by atoms with Gasteiger partial charge in [0.05, 0.1) is 17.6 Å². The van der Waals surface area contributed by atoms with Gasteiger partial charge in [-0.2, -0.15) is 0 Å². The molecular weight excluding hydrogens is 366 g/mol. The van der Waals surface area contributed by atoms with Crippen molar-refractivity contribution in [2.75, 3.05) is 5.75 Å². The van der Waals surface area contributed by atoms with Crippen LogP contribution in [0.4, 0.5) is 0 Å². The van der Waals surface area contributed by atoms with Crippen molar-refractivity contribution in [2.45, 2.75) is 38.4 Å². The Morgan fingerprint density at radius 3 is 2.79 bits per heavy atom. The lowest BCUT2D eigenvalue weighted by Crippen LogP contribution is -2.36. The van der Waals surface area contributed by atoms with Gasteiger partial charge >= 0.3 is 0 Å². The zero-order chi connectivity index (χ0) is 19.1. The van der Waals surface area contributed by atoms with Gasteiger partial charge in [0.15, 0.2) is 5.17 Å². The maximum atomic E-state index is 5.13. The molecule has 0 unspecified atom stereocenters. The Labute approximate surface area is 169 Å². The quantitative estimate of drug-likeness (QED) is 0.656. The van der Waals surface area contributed by atoms with Gasteiger partial charge in [-0.05, 0) is 49.7 Å². The van der Waals surface area contributed by atoms with Gasteiger partial charge in [-0.3, -0.25) is 15.0 Å². The molecule has 0 amide bonds. The van der Waals surface area contributed by atoms with Gasteiger partial charge in [0, 0.05) is 35.6 Å². The largest absolute Gasteiger partial charge is 0.337 e. The first kappa shape index (κ1) is 17.5. The Bertz CT molecular complexity index is 998. The van der Waals surface area contributed by atoms with E-state index in [1.54, 1.807) is 0 Å². The summed E-state index contributed by atoms with van der Waals surface area (Å²) in [4.78, 5) is 16.7. The average Bonchev–Trinajstić information content (AvgIpc) is 3.42. The third kappa shape index (κ3) is 2.75. The molecule has 28 heavy (non-hydrogen) atoms. The number of hydrogen-bond donors (Lipinski definition) is 0. The molecular formula is C22H23N5S. The van der Waals surface area contributed by atoms with Crippen molar-refractivity contribution in [1.82, 2.24) is 19.4 Å². The number of aryl methyl sites for hydroxylation is 1. The van der Waals surface area contributed by atoms with Gasteiger partial charge in [0.2, 0.25) is 0 Å². The lowest BCUT2D eigenvalue weighted by atomic mass is 9.99. The zero-order valence-electron chi connectivity index (χ0n) is 16.1. The van der Waals surface area contributed by atoms with E-state index in [0.717, 1.165) is 28.7 Å². The second-order valence-electron chi connectivity index (χ2n) is 7.28. The first-order valence-corrected chi connectivity index (χ1v) is 10.7. The highest BCUT2D eigenvalue weighted by atomic mass is 32.2. The van der Waals surface area contributed by atoms with Crippen LogP contribution >= 0.6 is 11.8 Å². The van der Waals surface area contributed by atoms with Crippen molar-refractivity contribution in [3.05, 3.63) is 78.1 Å². The third-order valence-corrected chi connectivity index (χ3v) is 6.77. The molecule has 5 rings (SSSR count). The summed E-state index contributed by atoms with van der Waals surface area (Å²) in [5.74, 6) is 1.10. The van der Waals surface area contributed by atoms with E-state index in [9.17, 15) is 0 Å². The van der Waals surface area contributed by atoms with E-state index in [-0.39, 0.29) is 12.1 Å². The van der Waals surface area contributed by atoms with Crippen LogP contribution in [-0.2, 0) is 0 Å². The van der Waals surface area contributed by atoms with Gasteiger partial charge in [0.1, 0.15) is 12.1 Å². The standard InChI is InChI=1S/C22H23N5S/c1-3-16-14-28-22-25-20(18-8-4-5-12-24-18)21(27(16)22)19-10-9-15(2)26(19)17-7-6-11-23-13-17/h4-13,16,20-21H,3,14H2,1-2H3/t16-,20+,21+/m0/s1. The van der Waals surface area contributed by atoms with Gasteiger partial charge in [0.25, 0.3) is 0 Å². The molecule has 3 atom stereocenters. The summed E-state index contributed by atoms with van der Waals surface area (Å²) in [6.07, 6.45) is 6.73. The van der Waals surface area contributed by atoms with Gasteiger partial charge in [-0.1, -0.05) is 24.8 Å². The van der Waals surface area contributed by atoms with Crippen molar-refractivity contribution in [3.8, 4) is 5.69 Å². The normalized spacial score (nSPS) is 23.7. The lowest BCUT2D eigenvalue weighted by molar-refractivity contribution is 0.248. The van der Waals surface area contributed by atoms with Crippen LogP contribution in [0.3, 0.4) is 0 Å². The number of rotatable bonds is 4. The van der Waals surface area contributed by atoms with Crippen molar-refractivity contribution < 1.29 is 0 Å². The molecule has 6 heteroatoms. The van der Waals surface area contributed by atoms with E-state index in [1.165, 1.54) is 11.4 Å².